The SMILES string of the molecule is N#Cc1ccc(COC(=O)C(Cc2ccccc2)NC(=O)c2cccs2)cc1. The molecule has 0 spiro atoms. The number of nitrogens with zero attached hydrogens (tertiary/aromatic N) is 1. The highest BCUT2D eigenvalue weighted by Gasteiger charge is 2.24. The molecule has 1 N–H and O–H groups in total. The van der Waals surface area contributed by atoms with Gasteiger partial charge in [-0.2, -0.15) is 5.26 Å². The van der Waals surface area contributed by atoms with Gasteiger partial charge in [-0.1, -0.05) is 48.5 Å². The largest absolute Gasteiger partial charge is 0.459 e. The van der Waals surface area contributed by atoms with E-state index in [-0.39, 0.29) is 12.5 Å². The molecule has 5 nitrogen and oxygen atoms in total. The fourth-order valence-corrected chi connectivity index (χ4v) is 3.24. The molecule has 6 heteroatoms. The van der Waals surface area contributed by atoms with Gasteiger partial charge in [0.2, 0.25) is 0 Å². The van der Waals surface area contributed by atoms with Crippen molar-refractivity contribution in [3.05, 3.63) is 93.7 Å². The van der Waals surface area contributed by atoms with Crippen molar-refractivity contribution in [2.75, 3.05) is 0 Å². The van der Waals surface area contributed by atoms with Crippen molar-refractivity contribution < 1.29 is 14.3 Å². The van der Waals surface area contributed by atoms with Gasteiger partial charge in [-0.3, -0.25) is 4.79 Å². The maximum Gasteiger partial charge on any atom is 0.329 e. The summed E-state index contributed by atoms with van der Waals surface area (Å²) in [5.41, 5.74) is 2.24. The predicted molar refractivity (Wildman–Crippen MR) is 107 cm³/mol. The highest BCUT2D eigenvalue weighted by atomic mass is 32.1. The van der Waals surface area contributed by atoms with Crippen LogP contribution in [0.4, 0.5) is 0 Å². The molecule has 0 aliphatic rings. The molecule has 2 aromatic carbocycles. The molecule has 0 saturated heterocycles. The van der Waals surface area contributed by atoms with Gasteiger partial charge in [-0.15, -0.1) is 11.3 Å². The molecule has 0 fully saturated rings. The molecule has 140 valence electrons. The number of rotatable bonds is 7. The van der Waals surface area contributed by atoms with Gasteiger partial charge in [0.05, 0.1) is 16.5 Å². The van der Waals surface area contributed by atoms with E-state index in [1.165, 1.54) is 11.3 Å². The second-order valence-electron chi connectivity index (χ2n) is 6.11. The van der Waals surface area contributed by atoms with Gasteiger partial charge in [0.25, 0.3) is 5.91 Å². The van der Waals surface area contributed by atoms with E-state index in [1.807, 2.05) is 41.8 Å². The third-order valence-corrected chi connectivity index (χ3v) is 4.95. The number of hydrogen-bond donors (Lipinski definition) is 1. The van der Waals surface area contributed by atoms with Gasteiger partial charge in [0.15, 0.2) is 0 Å². The quantitative estimate of drug-likeness (QED) is 0.624. The molecular weight excluding hydrogens is 372 g/mol. The van der Waals surface area contributed by atoms with Crippen LogP contribution in [-0.2, 0) is 22.6 Å². The lowest BCUT2D eigenvalue weighted by Crippen LogP contribution is -2.43. The zero-order valence-electron chi connectivity index (χ0n) is 15.0. The number of carbonyl (C=O) groups excluding carboxylic acids is 2. The number of benzene rings is 2. The number of amides is 1. The normalized spacial score (nSPS) is 11.2. The maximum atomic E-state index is 12.7. The monoisotopic (exact) mass is 390 g/mol. The number of nitriles is 1. The summed E-state index contributed by atoms with van der Waals surface area (Å²) >= 11 is 1.31. The van der Waals surface area contributed by atoms with Crippen LogP contribution in [0, 0.1) is 11.3 Å². The summed E-state index contributed by atoms with van der Waals surface area (Å²) in [5.74, 6) is -0.802. The molecule has 1 amide bonds. The van der Waals surface area contributed by atoms with E-state index >= 15 is 0 Å². The molecule has 28 heavy (non-hydrogen) atoms. The fraction of sp³-hybridized carbons (Fsp3) is 0.136. The second kappa shape index (κ2) is 9.49. The maximum absolute atomic E-state index is 12.7. The Balaban J connectivity index is 1.68. The smallest absolute Gasteiger partial charge is 0.329 e. The van der Waals surface area contributed by atoms with Crippen LogP contribution < -0.4 is 5.32 Å². The summed E-state index contributed by atoms with van der Waals surface area (Å²) in [4.78, 5) is 25.6. The first-order valence-electron chi connectivity index (χ1n) is 8.69. The Morgan fingerprint density at radius 2 is 1.75 bits per heavy atom. The molecule has 0 aliphatic heterocycles. The van der Waals surface area contributed by atoms with E-state index in [9.17, 15) is 9.59 Å². The third-order valence-electron chi connectivity index (χ3n) is 4.08. The summed E-state index contributed by atoms with van der Waals surface area (Å²) in [6.45, 7) is 0.0741. The Kier molecular flexibility index (Phi) is 6.55. The molecule has 0 aliphatic carbocycles. The molecule has 1 heterocycles. The van der Waals surface area contributed by atoms with Gasteiger partial charge < -0.3 is 10.1 Å². The van der Waals surface area contributed by atoms with Crippen molar-refractivity contribution in [3.63, 3.8) is 0 Å². The zero-order chi connectivity index (χ0) is 19.8. The van der Waals surface area contributed by atoms with Crippen LogP contribution in [0.2, 0.25) is 0 Å². The van der Waals surface area contributed by atoms with Gasteiger partial charge in [-0.05, 0) is 34.7 Å². The summed E-state index contributed by atoms with van der Waals surface area (Å²) in [6, 6.07) is 21.0. The minimum absolute atomic E-state index is 0.0741. The molecular formula is C22H18N2O3S. The van der Waals surface area contributed by atoms with Gasteiger partial charge in [0, 0.05) is 6.42 Å². The molecule has 3 rings (SSSR count). The fourth-order valence-electron chi connectivity index (χ4n) is 2.61. The van der Waals surface area contributed by atoms with Gasteiger partial charge in [-0.25, -0.2) is 4.79 Å². The molecule has 1 atom stereocenters. The van der Waals surface area contributed by atoms with Crippen LogP contribution in [0.5, 0.6) is 0 Å². The van der Waals surface area contributed by atoms with Crippen molar-refractivity contribution in [1.29, 1.82) is 5.26 Å². The second-order valence-corrected chi connectivity index (χ2v) is 7.06. The van der Waals surface area contributed by atoms with Crippen LogP contribution in [0.1, 0.15) is 26.4 Å². The predicted octanol–water partition coefficient (Wildman–Crippen LogP) is 3.70. The number of carbonyl (C=O) groups is 2. The average molecular weight is 390 g/mol. The van der Waals surface area contributed by atoms with Crippen molar-refractivity contribution in [1.82, 2.24) is 5.32 Å². The van der Waals surface area contributed by atoms with Gasteiger partial charge in [0.1, 0.15) is 12.6 Å². The number of ether oxygens (including phenoxy) is 1. The Bertz CT molecular complexity index is 961. The number of hydrogen-bond acceptors (Lipinski definition) is 5. The molecule has 0 bridgehead atoms. The molecule has 1 aromatic heterocycles. The molecule has 3 aromatic rings. The van der Waals surface area contributed by atoms with Crippen molar-refractivity contribution in [2.45, 2.75) is 19.1 Å². The Labute approximate surface area is 167 Å². The van der Waals surface area contributed by atoms with Crippen molar-refractivity contribution in [3.8, 4) is 6.07 Å². The lowest BCUT2D eigenvalue weighted by Gasteiger charge is -2.17. The van der Waals surface area contributed by atoms with E-state index in [0.717, 1.165) is 11.1 Å². The van der Waals surface area contributed by atoms with Gasteiger partial charge >= 0.3 is 5.97 Å². The van der Waals surface area contributed by atoms with Crippen molar-refractivity contribution >= 4 is 23.2 Å². The van der Waals surface area contributed by atoms with Crippen molar-refractivity contribution in [2.24, 2.45) is 0 Å². The number of esters is 1. The zero-order valence-corrected chi connectivity index (χ0v) is 15.8. The van der Waals surface area contributed by atoms with Crippen LogP contribution in [0.15, 0.2) is 72.1 Å². The first-order valence-corrected chi connectivity index (χ1v) is 9.57. The van der Waals surface area contributed by atoms with E-state index in [4.69, 9.17) is 10.00 Å². The Morgan fingerprint density at radius 3 is 2.39 bits per heavy atom. The molecule has 1 unspecified atom stereocenters. The standard InChI is InChI=1S/C22H18N2O3S/c23-14-17-8-10-18(11-9-17)15-27-22(26)19(13-16-5-2-1-3-6-16)24-21(25)20-7-4-12-28-20/h1-12,19H,13,15H2,(H,24,25). The number of thiophene rings is 1. The minimum Gasteiger partial charge on any atom is -0.459 e. The van der Waals surface area contributed by atoms with Crippen LogP contribution >= 0.6 is 11.3 Å². The molecule has 0 saturated carbocycles. The number of nitrogens with one attached hydrogen (secondary N) is 1. The minimum atomic E-state index is -0.796. The van der Waals surface area contributed by atoms with Crippen LogP contribution in [0.25, 0.3) is 0 Å². The van der Waals surface area contributed by atoms with E-state index < -0.39 is 12.0 Å². The van der Waals surface area contributed by atoms with E-state index in [2.05, 4.69) is 5.32 Å². The third kappa shape index (κ3) is 5.29. The Hall–Kier alpha value is -3.43. The molecule has 0 radical (unpaired) electrons. The Morgan fingerprint density at radius 1 is 1.00 bits per heavy atom. The van der Waals surface area contributed by atoms with Crippen LogP contribution in [-0.4, -0.2) is 17.9 Å². The summed E-state index contributed by atoms with van der Waals surface area (Å²) in [6.07, 6.45) is 0.337. The summed E-state index contributed by atoms with van der Waals surface area (Å²) < 4.78 is 5.42. The average Bonchev–Trinajstić information content (AvgIpc) is 3.28. The van der Waals surface area contributed by atoms with E-state index in [1.54, 1.807) is 36.4 Å². The summed E-state index contributed by atoms with van der Waals surface area (Å²) in [5, 5.41) is 13.4. The first-order chi connectivity index (χ1) is 13.7. The highest BCUT2D eigenvalue weighted by molar-refractivity contribution is 7.12. The lowest BCUT2D eigenvalue weighted by atomic mass is 10.1. The highest BCUT2D eigenvalue weighted by Crippen LogP contribution is 2.12. The first kappa shape index (κ1) is 19.3. The topological polar surface area (TPSA) is 79.2 Å². The van der Waals surface area contributed by atoms with E-state index in [0.29, 0.717) is 16.9 Å². The van der Waals surface area contributed by atoms with Crippen LogP contribution in [0.3, 0.4) is 0 Å². The summed E-state index contributed by atoms with van der Waals surface area (Å²) in [7, 11) is 0. The lowest BCUT2D eigenvalue weighted by molar-refractivity contribution is -0.147.